The number of rotatable bonds is 9. The second kappa shape index (κ2) is 10.8. The Balaban J connectivity index is 2.24. The zero-order valence-corrected chi connectivity index (χ0v) is 13.8. The zero-order chi connectivity index (χ0) is 17.2. The van der Waals surface area contributed by atoms with Crippen molar-refractivity contribution in [3.05, 3.63) is 0 Å². The van der Waals surface area contributed by atoms with E-state index in [2.05, 4.69) is 12.2 Å². The highest BCUT2D eigenvalue weighted by atomic mass is 16.7. The number of nitrogens with one attached hydrogen (secondary N) is 1. The molecule has 136 valence electrons. The first kappa shape index (κ1) is 20.1. The first-order valence-corrected chi connectivity index (χ1v) is 8.14. The predicted octanol–water partition coefficient (Wildman–Crippen LogP) is 0.137. The topological polar surface area (TPSA) is 117 Å². The van der Waals surface area contributed by atoms with Crippen LogP contribution in [0.2, 0.25) is 0 Å². The van der Waals surface area contributed by atoms with Gasteiger partial charge in [-0.2, -0.15) is 0 Å². The van der Waals surface area contributed by atoms with E-state index in [-0.39, 0.29) is 6.61 Å². The highest BCUT2D eigenvalue weighted by Crippen LogP contribution is 2.21. The van der Waals surface area contributed by atoms with E-state index in [1.807, 2.05) is 0 Å². The Kier molecular flexibility index (Phi) is 9.42. The molecule has 1 rings (SSSR count). The maximum Gasteiger partial charge on any atom is 0.407 e. The number of amides is 1. The van der Waals surface area contributed by atoms with Crippen LogP contribution in [-0.4, -0.2) is 72.4 Å². The average molecular weight is 335 g/mol. The second-order valence-corrected chi connectivity index (χ2v) is 5.69. The first-order chi connectivity index (χ1) is 11.0. The molecule has 0 aromatic carbocycles. The molecule has 23 heavy (non-hydrogen) atoms. The quantitative estimate of drug-likeness (QED) is 0.443. The summed E-state index contributed by atoms with van der Waals surface area (Å²) >= 11 is 0. The van der Waals surface area contributed by atoms with Crippen molar-refractivity contribution in [2.24, 2.45) is 0 Å². The molecule has 0 aliphatic carbocycles. The molecule has 1 amide bonds. The highest BCUT2D eigenvalue weighted by molar-refractivity contribution is 5.67. The molecular formula is C15H29NO7. The maximum atomic E-state index is 11.6. The van der Waals surface area contributed by atoms with Crippen molar-refractivity contribution >= 4 is 6.09 Å². The summed E-state index contributed by atoms with van der Waals surface area (Å²) in [6.07, 6.45) is -1.35. The smallest absolute Gasteiger partial charge is 0.407 e. The Labute approximate surface area is 136 Å². The maximum absolute atomic E-state index is 11.6. The van der Waals surface area contributed by atoms with Gasteiger partial charge >= 0.3 is 6.09 Å². The van der Waals surface area contributed by atoms with Crippen molar-refractivity contribution in [2.45, 2.75) is 69.7 Å². The van der Waals surface area contributed by atoms with Gasteiger partial charge in [-0.1, -0.05) is 32.6 Å². The van der Waals surface area contributed by atoms with Gasteiger partial charge < -0.3 is 34.8 Å². The van der Waals surface area contributed by atoms with Gasteiger partial charge in [0.15, 0.2) is 6.29 Å². The molecule has 4 N–H and O–H groups in total. The van der Waals surface area contributed by atoms with Gasteiger partial charge in [-0.15, -0.1) is 0 Å². The predicted molar refractivity (Wildman–Crippen MR) is 81.8 cm³/mol. The summed E-state index contributed by atoms with van der Waals surface area (Å²) in [7, 11) is 1.31. The summed E-state index contributed by atoms with van der Waals surface area (Å²) in [4.78, 5) is 11.6. The van der Waals surface area contributed by atoms with Crippen LogP contribution < -0.4 is 5.32 Å². The third-order valence-corrected chi connectivity index (χ3v) is 3.83. The minimum atomic E-state index is -1.43. The number of hydrogen-bond acceptors (Lipinski definition) is 7. The number of carbonyl (C=O) groups excluding carboxylic acids is 1. The molecule has 1 saturated heterocycles. The van der Waals surface area contributed by atoms with Crippen LogP contribution >= 0.6 is 0 Å². The van der Waals surface area contributed by atoms with E-state index in [1.54, 1.807) is 0 Å². The van der Waals surface area contributed by atoms with Crippen molar-refractivity contribution in [3.8, 4) is 0 Å². The van der Waals surface area contributed by atoms with Crippen LogP contribution in [0.4, 0.5) is 4.79 Å². The summed E-state index contributed by atoms with van der Waals surface area (Å²) in [5.74, 6) is 0. The molecule has 5 atom stereocenters. The van der Waals surface area contributed by atoms with Crippen LogP contribution in [0.5, 0.6) is 0 Å². The van der Waals surface area contributed by atoms with Crippen LogP contribution in [0.25, 0.3) is 0 Å². The van der Waals surface area contributed by atoms with Crippen LogP contribution in [-0.2, 0) is 14.2 Å². The number of alkyl carbamates (subject to hydrolysis) is 1. The van der Waals surface area contributed by atoms with E-state index in [4.69, 9.17) is 14.2 Å². The summed E-state index contributed by atoms with van der Waals surface area (Å²) < 4.78 is 15.1. The monoisotopic (exact) mass is 335 g/mol. The molecule has 1 aliphatic heterocycles. The van der Waals surface area contributed by atoms with Gasteiger partial charge in [0.2, 0.25) is 0 Å². The number of methoxy groups -OCH3 is 1. The fourth-order valence-electron chi connectivity index (χ4n) is 2.38. The molecule has 0 aromatic rings. The molecule has 0 bridgehead atoms. The number of ether oxygens (including phenoxy) is 3. The van der Waals surface area contributed by atoms with Crippen LogP contribution in [0.1, 0.15) is 39.0 Å². The van der Waals surface area contributed by atoms with Crippen molar-refractivity contribution < 1.29 is 34.3 Å². The lowest BCUT2D eigenvalue weighted by atomic mass is 9.99. The van der Waals surface area contributed by atoms with Gasteiger partial charge in [-0.25, -0.2) is 4.79 Å². The van der Waals surface area contributed by atoms with Crippen molar-refractivity contribution in [2.75, 3.05) is 20.3 Å². The number of aliphatic hydroxyl groups excluding tert-OH is 3. The molecule has 0 aromatic heterocycles. The SMILES string of the molecule is CCCCCCCNC(=O)OC[C@H]1O[C@@H](OC)[C@@H](O)[C@@H](O)[C@H]1O. The molecule has 1 aliphatic rings. The van der Waals surface area contributed by atoms with E-state index in [0.717, 1.165) is 19.3 Å². The molecule has 1 heterocycles. The van der Waals surface area contributed by atoms with Crippen LogP contribution in [0, 0.1) is 0 Å². The van der Waals surface area contributed by atoms with Crippen LogP contribution in [0.15, 0.2) is 0 Å². The van der Waals surface area contributed by atoms with E-state index >= 15 is 0 Å². The fourth-order valence-corrected chi connectivity index (χ4v) is 2.38. The Bertz CT molecular complexity index is 340. The summed E-state index contributed by atoms with van der Waals surface area (Å²) in [6.45, 7) is 2.42. The molecule has 0 spiro atoms. The van der Waals surface area contributed by atoms with Gasteiger partial charge in [0.1, 0.15) is 31.0 Å². The summed E-state index contributed by atoms with van der Waals surface area (Å²) in [5, 5.41) is 31.8. The number of unbranched alkanes of at least 4 members (excludes halogenated alkanes) is 4. The van der Waals surface area contributed by atoms with E-state index in [1.165, 1.54) is 20.0 Å². The highest BCUT2D eigenvalue weighted by Gasteiger charge is 2.44. The molecule has 0 unspecified atom stereocenters. The molecule has 0 radical (unpaired) electrons. The third kappa shape index (κ3) is 6.60. The minimum Gasteiger partial charge on any atom is -0.447 e. The van der Waals surface area contributed by atoms with Gasteiger partial charge in [0, 0.05) is 13.7 Å². The average Bonchev–Trinajstić information content (AvgIpc) is 2.55. The van der Waals surface area contributed by atoms with Gasteiger partial charge in [0.25, 0.3) is 0 Å². The van der Waals surface area contributed by atoms with E-state index in [9.17, 15) is 20.1 Å². The van der Waals surface area contributed by atoms with Gasteiger partial charge in [0.05, 0.1) is 0 Å². The molecule has 0 saturated carbocycles. The number of carbonyl (C=O) groups is 1. The second-order valence-electron chi connectivity index (χ2n) is 5.69. The molecule has 1 fully saturated rings. The minimum absolute atomic E-state index is 0.244. The lowest BCUT2D eigenvalue weighted by Gasteiger charge is -2.39. The first-order valence-electron chi connectivity index (χ1n) is 8.14. The van der Waals surface area contributed by atoms with E-state index in [0.29, 0.717) is 6.54 Å². The number of aliphatic hydroxyl groups is 3. The Morgan fingerprint density at radius 1 is 1.09 bits per heavy atom. The van der Waals surface area contributed by atoms with Crippen LogP contribution in [0.3, 0.4) is 0 Å². The molecule has 8 heteroatoms. The normalized spacial score (nSPS) is 30.9. The fraction of sp³-hybridized carbons (Fsp3) is 0.933. The standard InChI is InChI=1S/C15H29NO7/c1-3-4-5-6-7-8-16-15(20)22-9-10-11(17)12(18)13(19)14(21-2)23-10/h10-14,17-19H,3-9H2,1-2H3,(H,16,20)/t10-,11+,12+,13+,14-/m1/s1. The summed E-state index contributed by atoms with van der Waals surface area (Å²) in [5.41, 5.74) is 0. The lowest BCUT2D eigenvalue weighted by molar-refractivity contribution is -0.294. The Morgan fingerprint density at radius 2 is 1.78 bits per heavy atom. The van der Waals surface area contributed by atoms with Crippen molar-refractivity contribution in [1.29, 1.82) is 0 Å². The van der Waals surface area contributed by atoms with Crippen molar-refractivity contribution in [3.63, 3.8) is 0 Å². The van der Waals surface area contributed by atoms with E-state index < -0.39 is 36.8 Å². The molecule has 8 nitrogen and oxygen atoms in total. The Morgan fingerprint density at radius 3 is 2.43 bits per heavy atom. The summed E-state index contributed by atoms with van der Waals surface area (Å²) in [6, 6.07) is 0. The van der Waals surface area contributed by atoms with Gasteiger partial charge in [-0.05, 0) is 6.42 Å². The van der Waals surface area contributed by atoms with Gasteiger partial charge in [-0.3, -0.25) is 0 Å². The molecular weight excluding hydrogens is 306 g/mol. The largest absolute Gasteiger partial charge is 0.447 e. The van der Waals surface area contributed by atoms with Crippen molar-refractivity contribution in [1.82, 2.24) is 5.32 Å². The third-order valence-electron chi connectivity index (χ3n) is 3.83. The zero-order valence-electron chi connectivity index (χ0n) is 13.8. The Hall–Kier alpha value is -0.930. The lowest BCUT2D eigenvalue weighted by Crippen LogP contribution is -2.59. The number of hydrogen-bond donors (Lipinski definition) is 4.